The average molecular weight is 266 g/mol. The molecule has 0 saturated carbocycles. The number of piperidine rings is 1. The van der Waals surface area contributed by atoms with Gasteiger partial charge in [0.05, 0.1) is 0 Å². The summed E-state index contributed by atoms with van der Waals surface area (Å²) in [6.07, 6.45) is 1.81. The summed E-state index contributed by atoms with van der Waals surface area (Å²) >= 11 is 0. The lowest BCUT2D eigenvalue weighted by Gasteiger charge is -2.32. The molecule has 3 nitrogen and oxygen atoms in total. The van der Waals surface area contributed by atoms with Crippen LogP contribution in [0.5, 0.6) is 0 Å². The van der Waals surface area contributed by atoms with Crippen LogP contribution in [0.1, 0.15) is 25.3 Å². The summed E-state index contributed by atoms with van der Waals surface area (Å²) in [7, 11) is -2.34. The maximum atomic E-state index is 12.0. The third-order valence-corrected chi connectivity index (χ3v) is 6.16. The van der Waals surface area contributed by atoms with Crippen LogP contribution in [0.25, 0.3) is 0 Å². The van der Waals surface area contributed by atoms with Crippen LogP contribution >= 0.6 is 0 Å². The van der Waals surface area contributed by atoms with Crippen molar-refractivity contribution < 1.29 is 4.21 Å². The smallest absolute Gasteiger partial charge is 0.0468 e. The Morgan fingerprint density at radius 3 is 2.44 bits per heavy atom. The largest absolute Gasteiger partial charge is 0.299 e. The summed E-state index contributed by atoms with van der Waals surface area (Å²) in [5.41, 5.74) is 1.33. The molecule has 4 heteroatoms. The van der Waals surface area contributed by atoms with Crippen LogP contribution in [0.15, 0.2) is 30.3 Å². The Morgan fingerprint density at radius 2 is 1.89 bits per heavy atom. The number of benzene rings is 1. The van der Waals surface area contributed by atoms with E-state index in [1.54, 1.807) is 0 Å². The fourth-order valence-electron chi connectivity index (χ4n) is 2.53. The molecule has 1 fully saturated rings. The van der Waals surface area contributed by atoms with Crippen LogP contribution in [-0.2, 0) is 16.3 Å². The molecular formula is C14H22N2OS. The Bertz CT molecular complexity index is 462. The van der Waals surface area contributed by atoms with Crippen LogP contribution < -0.4 is 0 Å². The molecule has 0 aromatic heterocycles. The van der Waals surface area contributed by atoms with Gasteiger partial charge in [-0.3, -0.25) is 9.68 Å². The molecule has 0 aliphatic carbocycles. The van der Waals surface area contributed by atoms with E-state index in [2.05, 4.69) is 29.2 Å². The minimum absolute atomic E-state index is 0.106. The molecule has 0 radical (unpaired) electrons. The van der Waals surface area contributed by atoms with Gasteiger partial charge in [-0.25, -0.2) is 4.21 Å². The van der Waals surface area contributed by atoms with Crippen molar-refractivity contribution in [1.82, 2.24) is 4.90 Å². The van der Waals surface area contributed by atoms with Gasteiger partial charge >= 0.3 is 0 Å². The normalized spacial score (nSPS) is 21.6. The van der Waals surface area contributed by atoms with E-state index in [0.717, 1.165) is 32.5 Å². The van der Waals surface area contributed by atoms with Gasteiger partial charge in [-0.05, 0) is 31.5 Å². The summed E-state index contributed by atoms with van der Waals surface area (Å²) in [4.78, 5) is 2.40. The fraction of sp³-hybridized carbons (Fsp3) is 0.571. The first kappa shape index (κ1) is 13.6. The van der Waals surface area contributed by atoms with Crippen LogP contribution in [0.3, 0.4) is 0 Å². The molecule has 2 rings (SSSR count). The molecule has 1 saturated heterocycles. The number of hydrogen-bond donors (Lipinski definition) is 1. The summed E-state index contributed by atoms with van der Waals surface area (Å²) in [5.74, 6) is 0.496. The zero-order valence-electron chi connectivity index (χ0n) is 11.0. The molecule has 1 heterocycles. The minimum Gasteiger partial charge on any atom is -0.299 e. The maximum absolute atomic E-state index is 12.0. The van der Waals surface area contributed by atoms with Crippen molar-refractivity contribution in [3.63, 3.8) is 0 Å². The molecule has 1 aromatic carbocycles. The highest BCUT2D eigenvalue weighted by molar-refractivity contribution is 7.93. The number of nitrogens with one attached hydrogen (secondary N) is 1. The molecule has 1 aliphatic heterocycles. The predicted molar refractivity (Wildman–Crippen MR) is 76.1 cm³/mol. The van der Waals surface area contributed by atoms with Crippen LogP contribution in [0.4, 0.5) is 0 Å². The van der Waals surface area contributed by atoms with Gasteiger partial charge in [-0.15, -0.1) is 0 Å². The predicted octanol–water partition coefficient (Wildman–Crippen LogP) is 2.72. The average Bonchev–Trinajstić information content (AvgIpc) is 2.40. The van der Waals surface area contributed by atoms with Gasteiger partial charge in [-0.1, -0.05) is 37.3 Å². The van der Waals surface area contributed by atoms with Gasteiger partial charge in [0.25, 0.3) is 0 Å². The van der Waals surface area contributed by atoms with Gasteiger partial charge in [0, 0.05) is 27.3 Å². The topological polar surface area (TPSA) is 44.2 Å². The van der Waals surface area contributed by atoms with Gasteiger partial charge in [0.2, 0.25) is 0 Å². The van der Waals surface area contributed by atoms with Crippen LogP contribution in [-0.4, -0.2) is 33.2 Å². The first-order valence-corrected chi connectivity index (χ1v) is 8.42. The molecule has 100 valence electrons. The molecular weight excluding hydrogens is 244 g/mol. The van der Waals surface area contributed by atoms with Gasteiger partial charge in [0.1, 0.15) is 0 Å². The highest BCUT2D eigenvalue weighted by Crippen LogP contribution is 2.20. The summed E-state index contributed by atoms with van der Waals surface area (Å²) in [5, 5.41) is 0.106. The Hall–Kier alpha value is -0.870. The number of hydrogen-bond acceptors (Lipinski definition) is 3. The lowest BCUT2D eigenvalue weighted by molar-refractivity contribution is 0.223. The lowest BCUT2D eigenvalue weighted by Crippen LogP contribution is -2.39. The molecule has 0 amide bonds. The van der Waals surface area contributed by atoms with Crippen molar-refractivity contribution in [2.45, 2.75) is 31.6 Å². The van der Waals surface area contributed by atoms with Crippen LogP contribution in [0.2, 0.25) is 0 Å². The molecule has 1 atom stereocenters. The number of likely N-dealkylation sites (tertiary alicyclic amines) is 1. The third kappa shape index (κ3) is 3.33. The van der Waals surface area contributed by atoms with Gasteiger partial charge < -0.3 is 0 Å². The summed E-state index contributed by atoms with van der Waals surface area (Å²) < 4.78 is 19.9. The highest BCUT2D eigenvalue weighted by atomic mass is 32.2. The number of nitrogens with zero attached hydrogens (tertiary/aromatic N) is 1. The van der Waals surface area contributed by atoms with E-state index < -0.39 is 9.73 Å². The van der Waals surface area contributed by atoms with Crippen LogP contribution in [0, 0.1) is 4.78 Å². The van der Waals surface area contributed by atoms with E-state index in [0.29, 0.717) is 5.75 Å². The Kier molecular flexibility index (Phi) is 4.40. The van der Waals surface area contributed by atoms with Crippen molar-refractivity contribution in [3.05, 3.63) is 35.9 Å². The second kappa shape index (κ2) is 5.85. The second-order valence-corrected chi connectivity index (χ2v) is 7.67. The summed E-state index contributed by atoms with van der Waals surface area (Å²) in [6.45, 7) is 4.77. The zero-order chi connectivity index (χ0) is 13.0. The van der Waals surface area contributed by atoms with Crippen molar-refractivity contribution in [2.75, 3.05) is 18.8 Å². The first-order chi connectivity index (χ1) is 8.62. The highest BCUT2D eigenvalue weighted by Gasteiger charge is 2.25. The fourth-order valence-corrected chi connectivity index (χ4v) is 3.97. The van der Waals surface area contributed by atoms with Crippen molar-refractivity contribution in [1.29, 1.82) is 4.78 Å². The standard InChI is InChI=1S/C14H22N2OS/c1-2-18(15,17)14-8-10-16(11-9-14)12-13-6-4-3-5-7-13/h3-7,14-15H,2,8-12H2,1H3. The molecule has 18 heavy (non-hydrogen) atoms. The SMILES string of the molecule is CCS(=N)(=O)C1CCN(Cc2ccccc2)CC1. The lowest BCUT2D eigenvalue weighted by atomic mass is 10.1. The second-order valence-electron chi connectivity index (χ2n) is 4.98. The van der Waals surface area contributed by atoms with Crippen molar-refractivity contribution >= 4 is 9.73 Å². The molecule has 1 unspecified atom stereocenters. The maximum Gasteiger partial charge on any atom is 0.0468 e. The quantitative estimate of drug-likeness (QED) is 0.910. The Labute approximate surface area is 110 Å². The molecule has 0 spiro atoms. The first-order valence-electron chi connectivity index (χ1n) is 6.63. The Balaban J connectivity index is 1.88. The van der Waals surface area contributed by atoms with Gasteiger partial charge in [-0.2, -0.15) is 0 Å². The van der Waals surface area contributed by atoms with E-state index >= 15 is 0 Å². The monoisotopic (exact) mass is 266 g/mol. The summed E-state index contributed by atoms with van der Waals surface area (Å²) in [6, 6.07) is 10.5. The minimum atomic E-state index is -2.34. The molecule has 0 bridgehead atoms. The molecule has 1 N–H and O–H groups in total. The zero-order valence-corrected chi connectivity index (χ0v) is 11.8. The number of rotatable bonds is 4. The van der Waals surface area contributed by atoms with E-state index in [-0.39, 0.29) is 5.25 Å². The third-order valence-electron chi connectivity index (χ3n) is 3.75. The van der Waals surface area contributed by atoms with E-state index in [9.17, 15) is 4.21 Å². The van der Waals surface area contributed by atoms with E-state index in [4.69, 9.17) is 4.78 Å². The van der Waals surface area contributed by atoms with E-state index in [1.165, 1.54) is 5.56 Å². The molecule has 1 aromatic rings. The molecule has 1 aliphatic rings. The van der Waals surface area contributed by atoms with Crippen molar-refractivity contribution in [3.8, 4) is 0 Å². The van der Waals surface area contributed by atoms with Crippen molar-refractivity contribution in [2.24, 2.45) is 0 Å². The van der Waals surface area contributed by atoms with Gasteiger partial charge in [0.15, 0.2) is 0 Å². The van der Waals surface area contributed by atoms with E-state index in [1.807, 2.05) is 13.0 Å². The Morgan fingerprint density at radius 1 is 1.28 bits per heavy atom.